The maximum Gasteiger partial charge on any atom is 0.417 e. The van der Waals surface area contributed by atoms with E-state index in [9.17, 15) is 135 Å². The number of nitrogens with zero attached hydrogens (tertiary/aromatic N) is 7. The number of fused-ring (bicyclic) bond motifs is 3. The summed E-state index contributed by atoms with van der Waals surface area (Å²) in [7, 11) is 8.20. The van der Waals surface area contributed by atoms with Crippen molar-refractivity contribution in [2.24, 2.45) is 21.1 Å². The van der Waals surface area contributed by atoms with Gasteiger partial charge < -0.3 is 59.4 Å². The van der Waals surface area contributed by atoms with E-state index in [1.165, 1.54) is 144 Å². The molecular weight excluding hydrogens is 2030 g/mol. The Hall–Kier alpha value is -14.3. The van der Waals surface area contributed by atoms with Gasteiger partial charge in [-0.1, -0.05) is 92.5 Å². The summed E-state index contributed by atoms with van der Waals surface area (Å²) in [5.74, 6) is -11.7. The topological polar surface area (TPSA) is 298 Å². The number of carbonyl (C=O) groups excluding carboxylic acids is 6. The normalized spacial score (nSPS) is 13.2. The zero-order valence-corrected chi connectivity index (χ0v) is 80.6. The van der Waals surface area contributed by atoms with E-state index in [1.54, 1.807) is 0 Å². The standard InChI is InChI=1S/C33H30Cl2F6N4O4.C33H31F7N4O4.C32H27F9N4O4/c1-6-25(33(39,40)41)45(4)18-14-22(34)27(23(35)15-18)29(46)43-24(31(48)49-5)13-17-9-10-20(28-19(17)8-7-11-42-28)26-21(32(36,37)38)12-16(2)44(3)30(26)47;1-6-25(33(38,39)40)42-19-12-16(2)26(23(34)15-19)29(45)43-24(31(47)48-5)14-18-9-10-21(28-20(18)8-7-11-41-28)27-22(32(35,36)37)13-17(3)44(4)30(27)46;1-5-24(32(39,40)41)43-17-11-21(34)26(22(35)12-17)28(46)44-23(30(48)49-4)9-15-6-7-18(27-19(15)10-16(33)13-42-27)25-20(31(36,37)38)8-14(2)45(3)29(25)47/h7-12,14-15,24-25H,6,13H2,1-5H3,(H,43,46);7-13,15,24-25,42H,6,14H2,1-5H3,(H,43,45);6-8,10-13,23-24,43H,5,9H2,1-4H3,(H,44,46)/t2*24-,25+;23-,24+/m000/s1. The second-order valence-corrected chi connectivity index (χ2v) is 34.2. The highest BCUT2D eigenvalue weighted by atomic mass is 35.5. The summed E-state index contributed by atoms with van der Waals surface area (Å²) in [6.45, 7) is 9.22. The van der Waals surface area contributed by atoms with Crippen LogP contribution in [0.1, 0.15) is 127 Å². The Morgan fingerprint density at radius 2 is 0.733 bits per heavy atom. The van der Waals surface area contributed by atoms with Crippen LogP contribution < -0.4 is 48.2 Å². The first kappa shape index (κ1) is 114. The number of ether oxygens (including phenoxy) is 3. The van der Waals surface area contributed by atoms with Crippen molar-refractivity contribution in [3.8, 4) is 33.4 Å². The number of hydrogen-bond acceptors (Lipinski definition) is 18. The van der Waals surface area contributed by atoms with E-state index >= 15 is 4.39 Å². The number of aromatic nitrogens is 6. The fourth-order valence-electron chi connectivity index (χ4n) is 16.2. The highest BCUT2D eigenvalue weighted by Gasteiger charge is 2.46. The number of rotatable bonds is 27. The lowest BCUT2D eigenvalue weighted by atomic mass is 9.93. The van der Waals surface area contributed by atoms with Crippen LogP contribution in [0.2, 0.25) is 10.0 Å². The van der Waals surface area contributed by atoms with Crippen LogP contribution in [0.3, 0.4) is 0 Å². The van der Waals surface area contributed by atoms with Gasteiger partial charge in [0.15, 0.2) is 0 Å². The van der Waals surface area contributed by atoms with Crippen molar-refractivity contribution in [2.75, 3.05) is 43.9 Å². The molecule has 0 unspecified atom stereocenters. The minimum Gasteiger partial charge on any atom is -0.467 e. The maximum atomic E-state index is 15.2. The molecule has 6 aromatic heterocycles. The predicted molar refractivity (Wildman–Crippen MR) is 497 cm³/mol. The van der Waals surface area contributed by atoms with Crippen LogP contribution in [0.15, 0.2) is 154 Å². The van der Waals surface area contributed by atoms with Gasteiger partial charge in [-0.3, -0.25) is 43.7 Å². The minimum absolute atomic E-state index is 0.00260. The average Bonchev–Trinajstić information content (AvgIpc) is 0.750. The molecule has 12 aromatic rings. The first-order valence-corrected chi connectivity index (χ1v) is 44.3. The third-order valence-corrected chi connectivity index (χ3v) is 24.6. The van der Waals surface area contributed by atoms with Crippen molar-refractivity contribution in [1.29, 1.82) is 0 Å². The molecule has 24 nitrogen and oxygen atoms in total. The summed E-state index contributed by atoms with van der Waals surface area (Å²) in [5.41, 5.74) is -11.2. The molecule has 0 aliphatic rings. The van der Waals surface area contributed by atoms with Crippen LogP contribution in [-0.4, -0.2) is 147 Å². The fraction of sp³-hybridized carbons (Fsp3) is 0.327. The van der Waals surface area contributed by atoms with Crippen molar-refractivity contribution in [3.05, 3.63) is 277 Å². The molecular formula is C98H88Cl2F22N12O12. The average molecular weight is 2110 g/mol. The van der Waals surface area contributed by atoms with Gasteiger partial charge >= 0.3 is 55.0 Å². The molecule has 0 aliphatic carbocycles. The van der Waals surface area contributed by atoms with Crippen LogP contribution in [0.5, 0.6) is 0 Å². The molecule has 3 amide bonds. The molecule has 12 rings (SSSR count). The van der Waals surface area contributed by atoms with Gasteiger partial charge in [-0.25, -0.2) is 31.9 Å². The number of hydrogen-bond donors (Lipinski definition) is 5. The van der Waals surface area contributed by atoms with Crippen LogP contribution >= 0.6 is 23.2 Å². The summed E-state index contributed by atoms with van der Waals surface area (Å²) in [4.78, 5) is 131. The third-order valence-electron chi connectivity index (χ3n) is 24.0. The van der Waals surface area contributed by atoms with E-state index in [-0.39, 0.29) is 130 Å². The number of pyridine rings is 6. The SMILES string of the molecule is CC[C@@H](N(C)c1cc(Cl)c(C(=O)N[C@@H](Cc2ccc(-c3c(C(F)(F)F)cc(C)n(C)c3=O)c3ncccc23)C(=O)OC)c(Cl)c1)C(F)(F)F.CC[C@@H](Nc1cc(C)c(C(=O)N[C@@H](Cc2ccc(-c3c(C(F)(F)F)cc(C)n(C)c3=O)c3ncccc23)C(=O)OC)c(F)c1)C(F)(F)F.CC[C@@H](Nc1cc(F)c(C(=O)N[C@@H](Cc2ccc(-c3c(C(F)(F)F)cc(C)n(C)c3=O)c3ncc(F)cc23)C(=O)OC)c(F)c1)C(F)(F)F. The zero-order chi connectivity index (χ0) is 109. The number of alkyl halides is 18. The van der Waals surface area contributed by atoms with Crippen molar-refractivity contribution < 1.29 is 140 Å². The molecule has 780 valence electrons. The number of carbonyl (C=O) groups is 6. The van der Waals surface area contributed by atoms with Crippen molar-refractivity contribution in [2.45, 2.75) is 160 Å². The summed E-state index contributed by atoms with van der Waals surface area (Å²) in [6, 6.07) is 11.6. The van der Waals surface area contributed by atoms with Gasteiger partial charge in [0.25, 0.3) is 34.4 Å². The molecule has 0 spiro atoms. The Kier molecular flexibility index (Phi) is 35.1. The number of amides is 3. The molecule has 0 radical (unpaired) electrons. The van der Waals surface area contributed by atoms with Gasteiger partial charge in [0.05, 0.1) is 98.6 Å². The lowest BCUT2D eigenvalue weighted by Gasteiger charge is -2.31. The van der Waals surface area contributed by atoms with Gasteiger partial charge in [0, 0.05) is 127 Å². The third kappa shape index (κ3) is 25.2. The predicted octanol–water partition coefficient (Wildman–Crippen LogP) is 20.8. The number of halogens is 24. The van der Waals surface area contributed by atoms with Crippen LogP contribution in [0.4, 0.5) is 114 Å². The first-order chi connectivity index (χ1) is 68.0. The molecule has 0 saturated heterocycles. The summed E-state index contributed by atoms with van der Waals surface area (Å²) >= 11 is 12.7. The van der Waals surface area contributed by atoms with Crippen LogP contribution in [0.25, 0.3) is 66.1 Å². The number of aryl methyl sites for hydroxylation is 4. The minimum atomic E-state index is -4.98. The molecule has 146 heavy (non-hydrogen) atoms. The molecule has 0 bridgehead atoms. The molecule has 48 heteroatoms. The Balaban J connectivity index is 0.000000224. The smallest absolute Gasteiger partial charge is 0.417 e. The van der Waals surface area contributed by atoms with E-state index in [2.05, 4.69) is 36.2 Å². The molecule has 6 aromatic carbocycles. The highest BCUT2D eigenvalue weighted by Crippen LogP contribution is 2.45. The first-order valence-electron chi connectivity index (χ1n) is 43.5. The summed E-state index contributed by atoms with van der Waals surface area (Å²) in [6.07, 6.45) is -27.5. The van der Waals surface area contributed by atoms with E-state index in [0.29, 0.717) is 29.5 Å². The van der Waals surface area contributed by atoms with Crippen LogP contribution in [-0.2, 0) is 87.5 Å². The molecule has 0 saturated carbocycles. The summed E-state index contributed by atoms with van der Waals surface area (Å²) in [5, 5.41) is 10.9. The monoisotopic (exact) mass is 2110 g/mol. The highest BCUT2D eigenvalue weighted by molar-refractivity contribution is 6.40. The molecule has 5 N–H and O–H groups in total. The van der Waals surface area contributed by atoms with E-state index < -0.39 is 212 Å². The second-order valence-electron chi connectivity index (χ2n) is 33.4. The Morgan fingerprint density at radius 1 is 0.411 bits per heavy atom. The molecule has 0 fully saturated rings. The number of benzene rings is 6. The number of anilines is 3. The lowest BCUT2D eigenvalue weighted by molar-refractivity contribution is -0.148. The van der Waals surface area contributed by atoms with E-state index in [4.69, 9.17) is 37.4 Å². The number of esters is 3. The largest absolute Gasteiger partial charge is 0.467 e. The second kappa shape index (κ2) is 45.1. The fourth-order valence-corrected chi connectivity index (χ4v) is 16.9. The van der Waals surface area contributed by atoms with Crippen molar-refractivity contribution >= 4 is 109 Å². The lowest BCUT2D eigenvalue weighted by Crippen LogP contribution is -2.44. The quantitative estimate of drug-likeness (QED) is 0.0181. The summed E-state index contributed by atoms with van der Waals surface area (Å²) < 4.78 is 324. The van der Waals surface area contributed by atoms with Gasteiger partial charge in [-0.05, 0) is 142 Å². The van der Waals surface area contributed by atoms with Gasteiger partial charge in [-0.2, -0.15) is 79.0 Å². The number of methoxy groups -OCH3 is 3. The molecule has 6 atom stereocenters. The Morgan fingerprint density at radius 3 is 1.05 bits per heavy atom. The Bertz CT molecular complexity index is 7180. The van der Waals surface area contributed by atoms with Gasteiger partial charge in [0.1, 0.15) is 65.1 Å². The maximum absolute atomic E-state index is 15.2. The van der Waals surface area contributed by atoms with Crippen molar-refractivity contribution in [3.63, 3.8) is 0 Å². The molecule has 0 aliphatic heterocycles. The van der Waals surface area contributed by atoms with Gasteiger partial charge in [-0.15, -0.1) is 0 Å². The van der Waals surface area contributed by atoms with E-state index in [0.717, 1.165) is 94.5 Å². The zero-order valence-electron chi connectivity index (χ0n) is 79.1. The van der Waals surface area contributed by atoms with Crippen molar-refractivity contribution in [1.82, 2.24) is 44.6 Å². The number of nitrogens with one attached hydrogen (secondary N) is 5. The Labute approximate surface area is 824 Å². The molecule has 6 heterocycles. The van der Waals surface area contributed by atoms with E-state index in [1.807, 2.05) is 5.32 Å². The van der Waals surface area contributed by atoms with Crippen LogP contribution in [0, 0.1) is 51.0 Å². The van der Waals surface area contributed by atoms with Gasteiger partial charge in [0.2, 0.25) is 0 Å².